The predicted octanol–water partition coefficient (Wildman–Crippen LogP) is 3.93. The molecular formula is C27H27N3O4. The molecule has 7 nitrogen and oxygen atoms in total. The van der Waals surface area contributed by atoms with Crippen LogP contribution in [0.15, 0.2) is 72.8 Å². The Morgan fingerprint density at radius 2 is 1.79 bits per heavy atom. The van der Waals surface area contributed by atoms with Gasteiger partial charge in [-0.05, 0) is 42.8 Å². The zero-order valence-electron chi connectivity index (χ0n) is 19.2. The molecule has 1 aliphatic rings. The molecule has 1 unspecified atom stereocenters. The number of rotatable bonds is 7. The number of benzene rings is 3. The lowest BCUT2D eigenvalue weighted by Crippen LogP contribution is -2.29. The monoisotopic (exact) mass is 457 g/mol. The van der Waals surface area contributed by atoms with E-state index in [2.05, 4.69) is 10.6 Å². The summed E-state index contributed by atoms with van der Waals surface area (Å²) in [5, 5.41) is 5.74. The Labute approximate surface area is 198 Å². The van der Waals surface area contributed by atoms with Crippen LogP contribution in [0, 0.1) is 12.8 Å². The zero-order chi connectivity index (χ0) is 24.1. The molecule has 3 aromatic carbocycles. The number of anilines is 2. The number of aryl methyl sites for hydroxylation is 1. The van der Waals surface area contributed by atoms with E-state index in [1.54, 1.807) is 36.3 Å². The standard InChI is InChI=1S/C27H27N3O4/c1-18-8-7-10-21(14-18)30-17-20(15-25(30)31)26(32)29-23-12-5-4-11-22(23)27(33)28-16-19-9-3-6-13-24(19)34-2/h3-14,20H,15-17H2,1-2H3,(H,28,33)(H,29,32). The van der Waals surface area contributed by atoms with Crippen molar-refractivity contribution in [1.29, 1.82) is 0 Å². The smallest absolute Gasteiger partial charge is 0.253 e. The molecule has 1 saturated heterocycles. The van der Waals surface area contributed by atoms with Crippen LogP contribution in [0.1, 0.15) is 27.9 Å². The summed E-state index contributed by atoms with van der Waals surface area (Å²) in [7, 11) is 1.58. The summed E-state index contributed by atoms with van der Waals surface area (Å²) < 4.78 is 5.33. The average Bonchev–Trinajstić information content (AvgIpc) is 3.25. The van der Waals surface area contributed by atoms with Gasteiger partial charge in [-0.3, -0.25) is 14.4 Å². The summed E-state index contributed by atoms with van der Waals surface area (Å²) in [5.41, 5.74) is 3.44. The van der Waals surface area contributed by atoms with Crippen molar-refractivity contribution < 1.29 is 19.1 Å². The van der Waals surface area contributed by atoms with Crippen molar-refractivity contribution in [3.63, 3.8) is 0 Å². The Morgan fingerprint density at radius 1 is 1.03 bits per heavy atom. The first-order valence-corrected chi connectivity index (χ1v) is 11.1. The molecule has 34 heavy (non-hydrogen) atoms. The molecule has 7 heteroatoms. The van der Waals surface area contributed by atoms with Gasteiger partial charge in [-0.1, -0.05) is 42.5 Å². The number of nitrogens with zero attached hydrogens (tertiary/aromatic N) is 1. The maximum atomic E-state index is 13.0. The number of methoxy groups -OCH3 is 1. The second-order valence-electron chi connectivity index (χ2n) is 8.27. The van der Waals surface area contributed by atoms with E-state index in [0.29, 0.717) is 23.5 Å². The molecule has 1 aliphatic heterocycles. The number of carbonyl (C=O) groups is 3. The third kappa shape index (κ3) is 5.09. The van der Waals surface area contributed by atoms with Crippen molar-refractivity contribution in [1.82, 2.24) is 5.32 Å². The molecule has 1 fully saturated rings. The lowest BCUT2D eigenvalue weighted by atomic mass is 10.1. The first kappa shape index (κ1) is 23.0. The van der Waals surface area contributed by atoms with Crippen molar-refractivity contribution in [3.05, 3.63) is 89.5 Å². The van der Waals surface area contributed by atoms with Crippen LogP contribution in [-0.4, -0.2) is 31.4 Å². The summed E-state index contributed by atoms with van der Waals surface area (Å²) in [4.78, 5) is 40.1. The largest absolute Gasteiger partial charge is 0.496 e. The first-order chi connectivity index (χ1) is 16.5. The minimum atomic E-state index is -0.502. The van der Waals surface area contributed by atoms with Gasteiger partial charge in [-0.2, -0.15) is 0 Å². The van der Waals surface area contributed by atoms with Crippen LogP contribution < -0.4 is 20.3 Å². The van der Waals surface area contributed by atoms with Gasteiger partial charge in [0.25, 0.3) is 5.91 Å². The fourth-order valence-corrected chi connectivity index (χ4v) is 4.07. The highest BCUT2D eigenvalue weighted by Crippen LogP contribution is 2.27. The van der Waals surface area contributed by atoms with Crippen LogP contribution in [0.5, 0.6) is 5.75 Å². The van der Waals surface area contributed by atoms with Crippen LogP contribution in [0.4, 0.5) is 11.4 Å². The van der Waals surface area contributed by atoms with Crippen molar-refractivity contribution in [2.75, 3.05) is 23.9 Å². The summed E-state index contributed by atoms with van der Waals surface area (Å²) in [5.74, 6) is -0.501. The van der Waals surface area contributed by atoms with Gasteiger partial charge in [0.2, 0.25) is 11.8 Å². The Hall–Kier alpha value is -4.13. The van der Waals surface area contributed by atoms with Gasteiger partial charge in [0.05, 0.1) is 24.3 Å². The number of para-hydroxylation sites is 2. The van der Waals surface area contributed by atoms with E-state index >= 15 is 0 Å². The van der Waals surface area contributed by atoms with Crippen LogP contribution in [-0.2, 0) is 16.1 Å². The van der Waals surface area contributed by atoms with Crippen LogP contribution in [0.3, 0.4) is 0 Å². The molecule has 2 N–H and O–H groups in total. The second kappa shape index (κ2) is 10.2. The van der Waals surface area contributed by atoms with Gasteiger partial charge < -0.3 is 20.3 Å². The molecule has 0 radical (unpaired) electrons. The van der Waals surface area contributed by atoms with Crippen LogP contribution >= 0.6 is 0 Å². The highest BCUT2D eigenvalue weighted by molar-refractivity contribution is 6.07. The van der Waals surface area contributed by atoms with Crippen LogP contribution in [0.2, 0.25) is 0 Å². The molecule has 3 aromatic rings. The Bertz CT molecular complexity index is 1220. The molecule has 4 rings (SSSR count). The topological polar surface area (TPSA) is 87.7 Å². The SMILES string of the molecule is COc1ccccc1CNC(=O)c1ccccc1NC(=O)C1CC(=O)N(c2cccc(C)c2)C1. The Kier molecular flexibility index (Phi) is 6.92. The number of hydrogen-bond acceptors (Lipinski definition) is 4. The maximum Gasteiger partial charge on any atom is 0.253 e. The highest BCUT2D eigenvalue weighted by atomic mass is 16.5. The zero-order valence-corrected chi connectivity index (χ0v) is 19.2. The van der Waals surface area contributed by atoms with E-state index in [9.17, 15) is 14.4 Å². The summed E-state index contributed by atoms with van der Waals surface area (Å²) >= 11 is 0. The van der Waals surface area contributed by atoms with Crippen molar-refractivity contribution in [2.45, 2.75) is 19.9 Å². The highest BCUT2D eigenvalue weighted by Gasteiger charge is 2.35. The van der Waals surface area contributed by atoms with E-state index in [1.807, 2.05) is 55.5 Å². The number of nitrogens with one attached hydrogen (secondary N) is 2. The fourth-order valence-electron chi connectivity index (χ4n) is 4.07. The summed E-state index contributed by atoms with van der Waals surface area (Å²) in [6.07, 6.45) is 0.127. The molecule has 1 heterocycles. The summed E-state index contributed by atoms with van der Waals surface area (Å²) in [6.45, 7) is 2.55. The molecule has 0 spiro atoms. The quantitative estimate of drug-likeness (QED) is 0.563. The fraction of sp³-hybridized carbons (Fsp3) is 0.222. The summed E-state index contributed by atoms with van der Waals surface area (Å²) in [6, 6.07) is 21.9. The number of amides is 3. The lowest BCUT2D eigenvalue weighted by molar-refractivity contribution is -0.122. The average molecular weight is 458 g/mol. The minimum absolute atomic E-state index is 0.0893. The Balaban J connectivity index is 1.43. The van der Waals surface area contributed by atoms with Crippen LogP contribution in [0.25, 0.3) is 0 Å². The molecule has 0 aromatic heterocycles. The van der Waals surface area contributed by atoms with E-state index < -0.39 is 5.92 Å². The Morgan fingerprint density at radius 3 is 2.59 bits per heavy atom. The number of hydrogen-bond donors (Lipinski definition) is 2. The number of ether oxygens (including phenoxy) is 1. The molecular weight excluding hydrogens is 430 g/mol. The van der Waals surface area contributed by atoms with E-state index in [-0.39, 0.29) is 30.7 Å². The molecule has 174 valence electrons. The van der Waals surface area contributed by atoms with Gasteiger partial charge in [0.1, 0.15) is 5.75 Å². The maximum absolute atomic E-state index is 13.0. The second-order valence-corrected chi connectivity index (χ2v) is 8.27. The third-order valence-corrected chi connectivity index (χ3v) is 5.87. The van der Waals surface area contributed by atoms with Gasteiger partial charge in [-0.15, -0.1) is 0 Å². The van der Waals surface area contributed by atoms with Crippen molar-refractivity contribution >= 4 is 29.1 Å². The van der Waals surface area contributed by atoms with Gasteiger partial charge in [0.15, 0.2) is 0 Å². The molecule has 0 bridgehead atoms. The van der Waals surface area contributed by atoms with E-state index in [4.69, 9.17) is 4.74 Å². The normalized spacial score (nSPS) is 15.2. The van der Waals surface area contributed by atoms with E-state index in [1.165, 1.54) is 0 Å². The van der Waals surface area contributed by atoms with E-state index in [0.717, 1.165) is 16.8 Å². The van der Waals surface area contributed by atoms with Crippen molar-refractivity contribution in [3.8, 4) is 5.75 Å². The predicted molar refractivity (Wildman–Crippen MR) is 131 cm³/mol. The molecule has 0 aliphatic carbocycles. The molecule has 0 saturated carbocycles. The number of carbonyl (C=O) groups excluding carboxylic acids is 3. The molecule has 3 amide bonds. The van der Waals surface area contributed by atoms with Gasteiger partial charge in [0, 0.05) is 30.8 Å². The first-order valence-electron chi connectivity index (χ1n) is 11.1. The lowest BCUT2D eigenvalue weighted by Gasteiger charge is -2.18. The molecule has 1 atom stereocenters. The third-order valence-electron chi connectivity index (χ3n) is 5.87. The van der Waals surface area contributed by atoms with Gasteiger partial charge in [-0.25, -0.2) is 0 Å². The van der Waals surface area contributed by atoms with Gasteiger partial charge >= 0.3 is 0 Å². The minimum Gasteiger partial charge on any atom is -0.496 e. The van der Waals surface area contributed by atoms with Crippen molar-refractivity contribution in [2.24, 2.45) is 5.92 Å².